The number of carbonyl (C=O) groups is 1. The topological polar surface area (TPSA) is 29.1 Å². The summed E-state index contributed by atoms with van der Waals surface area (Å²) in [6, 6.07) is 14.7. The molecule has 0 fully saturated rings. The summed E-state index contributed by atoms with van der Waals surface area (Å²) in [6.45, 7) is 0.449. The van der Waals surface area contributed by atoms with Crippen molar-refractivity contribution in [2.75, 3.05) is 0 Å². The maximum absolute atomic E-state index is 11.7. The summed E-state index contributed by atoms with van der Waals surface area (Å²) in [6.07, 6.45) is 3.23. The standard InChI is InChI=1S/C16H13Cl2NO/c17-14-7-4-12(5-8-14)6-9-16(20)19-11-13-2-1-3-15(18)10-13/h1-10H,11H2,(H,19,20)/b9-6+. The van der Waals surface area contributed by atoms with Crippen molar-refractivity contribution in [3.8, 4) is 0 Å². The molecule has 0 aromatic heterocycles. The van der Waals surface area contributed by atoms with Gasteiger partial charge in [-0.15, -0.1) is 0 Å². The van der Waals surface area contributed by atoms with Crippen LogP contribution in [0.15, 0.2) is 54.6 Å². The molecule has 0 saturated heterocycles. The predicted octanol–water partition coefficient (Wildman–Crippen LogP) is 4.32. The highest BCUT2D eigenvalue weighted by Gasteiger charge is 1.98. The van der Waals surface area contributed by atoms with E-state index in [1.807, 2.05) is 30.3 Å². The van der Waals surface area contributed by atoms with E-state index >= 15 is 0 Å². The van der Waals surface area contributed by atoms with E-state index in [1.54, 1.807) is 24.3 Å². The lowest BCUT2D eigenvalue weighted by Gasteiger charge is -2.02. The van der Waals surface area contributed by atoms with E-state index in [1.165, 1.54) is 6.08 Å². The van der Waals surface area contributed by atoms with Crippen molar-refractivity contribution in [1.82, 2.24) is 5.32 Å². The molecule has 0 bridgehead atoms. The van der Waals surface area contributed by atoms with Crippen LogP contribution in [0.3, 0.4) is 0 Å². The molecule has 0 aliphatic rings. The Morgan fingerprint density at radius 3 is 2.50 bits per heavy atom. The van der Waals surface area contributed by atoms with Crippen LogP contribution in [-0.4, -0.2) is 5.91 Å². The lowest BCUT2D eigenvalue weighted by atomic mass is 10.2. The van der Waals surface area contributed by atoms with Crippen molar-refractivity contribution in [3.05, 3.63) is 75.8 Å². The largest absolute Gasteiger partial charge is 0.348 e. The minimum absolute atomic E-state index is 0.153. The zero-order chi connectivity index (χ0) is 14.4. The number of hydrogen-bond donors (Lipinski definition) is 1. The Balaban J connectivity index is 1.88. The molecule has 2 nitrogen and oxygen atoms in total. The van der Waals surface area contributed by atoms with Crippen molar-refractivity contribution in [1.29, 1.82) is 0 Å². The number of hydrogen-bond acceptors (Lipinski definition) is 1. The highest BCUT2D eigenvalue weighted by Crippen LogP contribution is 2.11. The lowest BCUT2D eigenvalue weighted by molar-refractivity contribution is -0.116. The molecule has 0 heterocycles. The second-order valence-corrected chi connectivity index (χ2v) is 5.11. The van der Waals surface area contributed by atoms with Crippen LogP contribution >= 0.6 is 23.2 Å². The van der Waals surface area contributed by atoms with Crippen LogP contribution in [0.1, 0.15) is 11.1 Å². The maximum atomic E-state index is 11.7. The summed E-state index contributed by atoms with van der Waals surface area (Å²) >= 11 is 11.7. The summed E-state index contributed by atoms with van der Waals surface area (Å²) in [5.74, 6) is -0.153. The second-order valence-electron chi connectivity index (χ2n) is 4.23. The van der Waals surface area contributed by atoms with Gasteiger partial charge in [0.15, 0.2) is 0 Å². The molecule has 0 saturated carbocycles. The molecule has 0 atom stereocenters. The van der Waals surface area contributed by atoms with Crippen LogP contribution in [0.2, 0.25) is 10.0 Å². The van der Waals surface area contributed by atoms with Crippen molar-refractivity contribution < 1.29 is 4.79 Å². The second kappa shape index (κ2) is 7.13. The molecule has 4 heteroatoms. The molecule has 0 aliphatic carbocycles. The zero-order valence-electron chi connectivity index (χ0n) is 10.6. The first-order chi connectivity index (χ1) is 9.63. The number of carbonyl (C=O) groups excluding carboxylic acids is 1. The molecule has 0 aliphatic heterocycles. The van der Waals surface area contributed by atoms with Crippen molar-refractivity contribution >= 4 is 35.2 Å². The Morgan fingerprint density at radius 2 is 1.80 bits per heavy atom. The Bertz CT molecular complexity index is 621. The number of nitrogens with one attached hydrogen (secondary N) is 1. The Morgan fingerprint density at radius 1 is 1.05 bits per heavy atom. The molecule has 2 aromatic rings. The van der Waals surface area contributed by atoms with Gasteiger partial charge in [0, 0.05) is 22.7 Å². The van der Waals surface area contributed by atoms with Gasteiger partial charge in [0.2, 0.25) is 5.91 Å². The first-order valence-corrected chi connectivity index (χ1v) is 6.85. The van der Waals surface area contributed by atoms with Crippen molar-refractivity contribution in [2.24, 2.45) is 0 Å². The van der Waals surface area contributed by atoms with E-state index in [-0.39, 0.29) is 5.91 Å². The third-order valence-corrected chi connectivity index (χ3v) is 3.14. The van der Waals surface area contributed by atoms with Gasteiger partial charge in [0.05, 0.1) is 0 Å². The molecule has 1 N–H and O–H groups in total. The Labute approximate surface area is 128 Å². The molecule has 0 unspecified atom stereocenters. The van der Waals surface area contributed by atoms with E-state index in [2.05, 4.69) is 5.32 Å². The molecular formula is C16H13Cl2NO. The molecule has 2 rings (SSSR count). The van der Waals surface area contributed by atoms with Gasteiger partial charge < -0.3 is 5.32 Å². The number of rotatable bonds is 4. The van der Waals surface area contributed by atoms with Gasteiger partial charge in [-0.3, -0.25) is 4.79 Å². The van der Waals surface area contributed by atoms with Gasteiger partial charge in [-0.2, -0.15) is 0 Å². The van der Waals surface area contributed by atoms with E-state index in [0.717, 1.165) is 11.1 Å². The van der Waals surface area contributed by atoms with Crippen LogP contribution in [0, 0.1) is 0 Å². The summed E-state index contributed by atoms with van der Waals surface area (Å²) in [5.41, 5.74) is 1.89. The summed E-state index contributed by atoms with van der Waals surface area (Å²) < 4.78 is 0. The Hall–Kier alpha value is -1.77. The average Bonchev–Trinajstić information content (AvgIpc) is 2.45. The monoisotopic (exact) mass is 305 g/mol. The highest BCUT2D eigenvalue weighted by molar-refractivity contribution is 6.30. The molecule has 20 heavy (non-hydrogen) atoms. The molecule has 102 valence electrons. The van der Waals surface area contributed by atoms with Crippen molar-refractivity contribution in [3.63, 3.8) is 0 Å². The molecular weight excluding hydrogens is 293 g/mol. The fourth-order valence-electron chi connectivity index (χ4n) is 1.64. The molecule has 2 aromatic carbocycles. The van der Waals surface area contributed by atoms with Crippen LogP contribution < -0.4 is 5.32 Å². The molecule has 1 amide bonds. The normalized spacial score (nSPS) is 10.7. The zero-order valence-corrected chi connectivity index (χ0v) is 12.2. The smallest absolute Gasteiger partial charge is 0.244 e. The quantitative estimate of drug-likeness (QED) is 0.837. The summed E-state index contributed by atoms with van der Waals surface area (Å²) in [5, 5.41) is 4.13. The van der Waals surface area contributed by atoms with Crippen LogP contribution in [0.25, 0.3) is 6.08 Å². The van der Waals surface area contributed by atoms with E-state index in [4.69, 9.17) is 23.2 Å². The summed E-state index contributed by atoms with van der Waals surface area (Å²) in [7, 11) is 0. The SMILES string of the molecule is O=C(/C=C/c1ccc(Cl)cc1)NCc1cccc(Cl)c1. The molecule has 0 spiro atoms. The van der Waals surface area contributed by atoms with E-state index in [9.17, 15) is 4.79 Å². The van der Waals surface area contributed by atoms with E-state index < -0.39 is 0 Å². The number of amides is 1. The predicted molar refractivity (Wildman–Crippen MR) is 83.8 cm³/mol. The van der Waals surface area contributed by atoms with Crippen LogP contribution in [0.4, 0.5) is 0 Å². The first kappa shape index (κ1) is 14.6. The van der Waals surface area contributed by atoms with E-state index in [0.29, 0.717) is 16.6 Å². The van der Waals surface area contributed by atoms with Gasteiger partial charge in [0.1, 0.15) is 0 Å². The third kappa shape index (κ3) is 4.72. The fraction of sp³-hybridized carbons (Fsp3) is 0.0625. The van der Waals surface area contributed by atoms with Crippen molar-refractivity contribution in [2.45, 2.75) is 6.54 Å². The minimum atomic E-state index is -0.153. The fourth-order valence-corrected chi connectivity index (χ4v) is 1.98. The first-order valence-electron chi connectivity index (χ1n) is 6.09. The molecule has 0 radical (unpaired) electrons. The Kier molecular flexibility index (Phi) is 5.22. The van der Waals surface area contributed by atoms with Gasteiger partial charge >= 0.3 is 0 Å². The van der Waals surface area contributed by atoms with Gasteiger partial charge in [0.25, 0.3) is 0 Å². The van der Waals surface area contributed by atoms with Gasteiger partial charge in [-0.1, -0.05) is 47.5 Å². The van der Waals surface area contributed by atoms with Gasteiger partial charge in [-0.05, 0) is 41.5 Å². The summed E-state index contributed by atoms with van der Waals surface area (Å²) in [4.78, 5) is 11.7. The number of benzene rings is 2. The maximum Gasteiger partial charge on any atom is 0.244 e. The number of halogens is 2. The van der Waals surface area contributed by atoms with Crippen LogP contribution in [0.5, 0.6) is 0 Å². The van der Waals surface area contributed by atoms with Gasteiger partial charge in [-0.25, -0.2) is 0 Å². The third-order valence-electron chi connectivity index (χ3n) is 2.65. The highest BCUT2D eigenvalue weighted by atomic mass is 35.5. The van der Waals surface area contributed by atoms with Crippen LogP contribution in [-0.2, 0) is 11.3 Å². The lowest BCUT2D eigenvalue weighted by Crippen LogP contribution is -2.20. The minimum Gasteiger partial charge on any atom is -0.348 e. The average molecular weight is 306 g/mol.